The Morgan fingerprint density at radius 2 is 2.04 bits per heavy atom. The van der Waals surface area contributed by atoms with E-state index in [-0.39, 0.29) is 0 Å². The molecule has 4 rings (SSSR count). The first-order valence-electron chi connectivity index (χ1n) is 9.19. The van der Waals surface area contributed by atoms with Crippen molar-refractivity contribution in [1.82, 2.24) is 24.6 Å². The lowest BCUT2D eigenvalue weighted by Crippen LogP contribution is -2.34. The van der Waals surface area contributed by atoms with Crippen LogP contribution in [0.15, 0.2) is 42.7 Å². The summed E-state index contributed by atoms with van der Waals surface area (Å²) in [4.78, 5) is 6.95. The fourth-order valence-corrected chi connectivity index (χ4v) is 3.95. The van der Waals surface area contributed by atoms with E-state index in [1.54, 1.807) is 0 Å². The van der Waals surface area contributed by atoms with Crippen molar-refractivity contribution in [2.45, 2.75) is 25.2 Å². The summed E-state index contributed by atoms with van der Waals surface area (Å²) in [5, 5.41) is 8.47. The van der Waals surface area contributed by atoms with Crippen LogP contribution in [0.1, 0.15) is 30.3 Å². The molecule has 3 aromatic rings. The molecular formula is C20H24ClN5. The molecule has 0 spiro atoms. The number of hydrogen-bond donors (Lipinski definition) is 1. The van der Waals surface area contributed by atoms with Gasteiger partial charge in [0.15, 0.2) is 0 Å². The van der Waals surface area contributed by atoms with Crippen LogP contribution in [0.3, 0.4) is 0 Å². The molecule has 1 saturated heterocycles. The lowest BCUT2D eigenvalue weighted by atomic mass is 9.93. The minimum absolute atomic E-state index is 0.545. The van der Waals surface area contributed by atoms with Gasteiger partial charge in [0.1, 0.15) is 5.82 Å². The van der Waals surface area contributed by atoms with Gasteiger partial charge in [0.25, 0.3) is 0 Å². The Bertz CT molecular complexity index is 860. The van der Waals surface area contributed by atoms with Crippen LogP contribution in [0.2, 0.25) is 5.02 Å². The molecule has 0 aliphatic carbocycles. The van der Waals surface area contributed by atoms with Gasteiger partial charge in [-0.2, -0.15) is 5.10 Å². The highest BCUT2D eigenvalue weighted by atomic mass is 35.5. The number of H-pyrrole nitrogens is 1. The highest BCUT2D eigenvalue weighted by Gasteiger charge is 2.22. The van der Waals surface area contributed by atoms with Crippen LogP contribution in [-0.2, 0) is 13.5 Å². The van der Waals surface area contributed by atoms with E-state index in [1.165, 1.54) is 5.69 Å². The van der Waals surface area contributed by atoms with Crippen molar-refractivity contribution in [3.8, 4) is 11.3 Å². The topological polar surface area (TPSA) is 49.7 Å². The van der Waals surface area contributed by atoms with Gasteiger partial charge >= 0.3 is 0 Å². The van der Waals surface area contributed by atoms with E-state index < -0.39 is 0 Å². The van der Waals surface area contributed by atoms with Gasteiger partial charge in [-0.25, -0.2) is 4.98 Å². The maximum atomic E-state index is 6.29. The normalized spacial score (nSPS) is 16.2. The number of imidazole rings is 1. The third-order valence-corrected chi connectivity index (χ3v) is 5.68. The molecule has 1 N–H and O–H groups in total. The average molecular weight is 370 g/mol. The number of nitrogens with zero attached hydrogens (tertiary/aromatic N) is 4. The molecule has 0 amide bonds. The maximum absolute atomic E-state index is 6.29. The van der Waals surface area contributed by atoms with Crippen molar-refractivity contribution in [3.63, 3.8) is 0 Å². The van der Waals surface area contributed by atoms with Gasteiger partial charge in [0.2, 0.25) is 0 Å². The molecule has 0 saturated carbocycles. The Labute approximate surface area is 159 Å². The van der Waals surface area contributed by atoms with Gasteiger partial charge in [0.05, 0.1) is 10.7 Å². The van der Waals surface area contributed by atoms with Crippen LogP contribution in [0.4, 0.5) is 0 Å². The van der Waals surface area contributed by atoms with E-state index in [0.29, 0.717) is 5.92 Å². The molecule has 1 aromatic carbocycles. The summed E-state index contributed by atoms with van der Waals surface area (Å²) in [6.07, 6.45) is 7.21. The lowest BCUT2D eigenvalue weighted by molar-refractivity contribution is 0.211. The molecule has 0 radical (unpaired) electrons. The van der Waals surface area contributed by atoms with Crippen LogP contribution < -0.4 is 0 Å². The lowest BCUT2D eigenvalue weighted by Gasteiger charge is -2.31. The molecule has 3 heterocycles. The molecule has 5 nitrogen and oxygen atoms in total. The Hall–Kier alpha value is -2.11. The van der Waals surface area contributed by atoms with Crippen molar-refractivity contribution >= 4 is 11.6 Å². The number of aryl methyl sites for hydroxylation is 1. The molecule has 2 aromatic heterocycles. The van der Waals surface area contributed by atoms with Crippen molar-refractivity contribution in [1.29, 1.82) is 0 Å². The van der Waals surface area contributed by atoms with E-state index in [9.17, 15) is 0 Å². The number of halogens is 1. The highest BCUT2D eigenvalue weighted by Crippen LogP contribution is 2.31. The molecule has 136 valence electrons. The molecule has 0 unspecified atom stereocenters. The van der Waals surface area contributed by atoms with Gasteiger partial charge < -0.3 is 9.47 Å². The van der Waals surface area contributed by atoms with Crippen LogP contribution in [0, 0.1) is 0 Å². The third kappa shape index (κ3) is 3.69. The van der Waals surface area contributed by atoms with Crippen molar-refractivity contribution in [2.75, 3.05) is 19.6 Å². The molecule has 1 aliphatic rings. The Balaban J connectivity index is 1.34. The standard InChI is InChI=1S/C20H24ClN5/c1-25-13-9-22-20(25)8-12-26-10-6-15(7-11-26)18-14-19(24-23-18)16-4-2-3-5-17(16)21/h2-5,9,13-15H,6-8,10-12H2,1H3,(H,23,24). The molecule has 1 fully saturated rings. The van der Waals surface area contributed by atoms with Gasteiger partial charge in [0, 0.05) is 49.6 Å². The predicted molar refractivity (Wildman–Crippen MR) is 104 cm³/mol. The summed E-state index contributed by atoms with van der Waals surface area (Å²) in [6.45, 7) is 3.32. The minimum atomic E-state index is 0.545. The van der Waals surface area contributed by atoms with Gasteiger partial charge in [-0.1, -0.05) is 29.8 Å². The zero-order chi connectivity index (χ0) is 17.9. The molecular weight excluding hydrogens is 346 g/mol. The third-order valence-electron chi connectivity index (χ3n) is 5.35. The molecule has 6 heteroatoms. The van der Waals surface area contributed by atoms with Crippen LogP contribution >= 0.6 is 11.6 Å². The van der Waals surface area contributed by atoms with Gasteiger partial charge in [-0.05, 0) is 38.1 Å². The van der Waals surface area contributed by atoms with E-state index in [0.717, 1.165) is 61.0 Å². The van der Waals surface area contributed by atoms with Crippen molar-refractivity contribution in [2.24, 2.45) is 7.05 Å². The Morgan fingerprint density at radius 3 is 2.77 bits per heavy atom. The predicted octanol–water partition coefficient (Wildman–Crippen LogP) is 3.89. The SMILES string of the molecule is Cn1ccnc1CCN1CCC(c2cc(-c3ccccc3Cl)n[nH]2)CC1. The van der Waals surface area contributed by atoms with Crippen LogP contribution in [-0.4, -0.2) is 44.3 Å². The molecule has 1 aliphatic heterocycles. The van der Waals surface area contributed by atoms with Crippen LogP contribution in [0.5, 0.6) is 0 Å². The number of hydrogen-bond acceptors (Lipinski definition) is 3. The number of aromatic amines is 1. The second kappa shape index (κ2) is 7.64. The minimum Gasteiger partial charge on any atom is -0.338 e. The second-order valence-corrected chi connectivity index (χ2v) is 7.42. The summed E-state index contributed by atoms with van der Waals surface area (Å²) in [6, 6.07) is 10.0. The summed E-state index contributed by atoms with van der Waals surface area (Å²) in [7, 11) is 2.06. The fraction of sp³-hybridized carbons (Fsp3) is 0.400. The molecule has 26 heavy (non-hydrogen) atoms. The Morgan fingerprint density at radius 1 is 1.23 bits per heavy atom. The number of benzene rings is 1. The Kier molecular flexibility index (Phi) is 5.09. The van der Waals surface area contributed by atoms with Crippen molar-refractivity contribution in [3.05, 3.63) is 59.3 Å². The summed E-state index contributed by atoms with van der Waals surface area (Å²) in [5.74, 6) is 1.70. The zero-order valence-electron chi connectivity index (χ0n) is 15.0. The van der Waals surface area contributed by atoms with E-state index in [1.807, 2.05) is 36.7 Å². The smallest absolute Gasteiger partial charge is 0.109 e. The van der Waals surface area contributed by atoms with Gasteiger partial charge in [-0.3, -0.25) is 5.10 Å². The van der Waals surface area contributed by atoms with Crippen LogP contribution in [0.25, 0.3) is 11.3 Å². The van der Waals surface area contributed by atoms with E-state index in [2.05, 4.69) is 37.8 Å². The summed E-state index contributed by atoms with van der Waals surface area (Å²) >= 11 is 6.29. The van der Waals surface area contributed by atoms with E-state index in [4.69, 9.17) is 11.6 Å². The largest absolute Gasteiger partial charge is 0.338 e. The summed E-state index contributed by atoms with van der Waals surface area (Å²) in [5.41, 5.74) is 3.15. The first-order chi connectivity index (χ1) is 12.7. The molecule has 0 bridgehead atoms. The first-order valence-corrected chi connectivity index (χ1v) is 9.57. The highest BCUT2D eigenvalue weighted by molar-refractivity contribution is 6.33. The number of likely N-dealkylation sites (tertiary alicyclic amines) is 1. The van der Waals surface area contributed by atoms with Crippen molar-refractivity contribution < 1.29 is 0 Å². The summed E-state index contributed by atoms with van der Waals surface area (Å²) < 4.78 is 2.10. The zero-order valence-corrected chi connectivity index (χ0v) is 15.8. The van der Waals surface area contributed by atoms with E-state index >= 15 is 0 Å². The number of piperidine rings is 1. The molecule has 0 atom stereocenters. The monoisotopic (exact) mass is 369 g/mol. The van der Waals surface area contributed by atoms with Gasteiger partial charge in [-0.15, -0.1) is 0 Å². The first kappa shape index (κ1) is 17.3. The maximum Gasteiger partial charge on any atom is 0.109 e. The fourth-order valence-electron chi connectivity index (χ4n) is 3.72. The quantitative estimate of drug-likeness (QED) is 0.742. The average Bonchev–Trinajstić information content (AvgIpc) is 3.30. The second-order valence-electron chi connectivity index (χ2n) is 7.01. The number of nitrogens with one attached hydrogen (secondary N) is 1. The number of aromatic nitrogens is 4. The number of rotatable bonds is 5.